The van der Waals surface area contributed by atoms with Crippen molar-refractivity contribution in [3.63, 3.8) is 0 Å². The van der Waals surface area contributed by atoms with Gasteiger partial charge in [-0.25, -0.2) is 0 Å². The summed E-state index contributed by atoms with van der Waals surface area (Å²) in [4.78, 5) is 27.3. The first-order valence-electron chi connectivity index (χ1n) is 38.1. The van der Waals surface area contributed by atoms with Crippen molar-refractivity contribution in [3.05, 3.63) is 106 Å². The minimum atomic E-state index is 0.406. The molecule has 10 nitrogen and oxygen atoms in total. The minimum Gasteiger partial charge on any atom is -0.315 e. The van der Waals surface area contributed by atoms with Crippen molar-refractivity contribution in [3.8, 4) is 0 Å². The van der Waals surface area contributed by atoms with Gasteiger partial charge in [0.05, 0.1) is 6.54 Å². The van der Waals surface area contributed by atoms with E-state index < -0.39 is 0 Å². The number of hydrogen-bond donors (Lipinski definition) is 4. The van der Waals surface area contributed by atoms with Crippen LogP contribution in [0.3, 0.4) is 0 Å². The van der Waals surface area contributed by atoms with E-state index in [0.29, 0.717) is 32.5 Å². The van der Waals surface area contributed by atoms with Gasteiger partial charge in [-0.3, -0.25) is 30.0 Å². The first-order valence-corrected chi connectivity index (χ1v) is 38.1. The van der Waals surface area contributed by atoms with Gasteiger partial charge in [-0.1, -0.05) is 274 Å². The van der Waals surface area contributed by atoms with Gasteiger partial charge in [-0.15, -0.1) is 0 Å². The monoisotopic (exact) mass is 1310 g/mol. The van der Waals surface area contributed by atoms with E-state index in [1.165, 1.54) is 140 Å². The summed E-state index contributed by atoms with van der Waals surface area (Å²) in [5, 5.41) is 13.9. The summed E-state index contributed by atoms with van der Waals surface area (Å²) in [5.74, 6) is 0. The number of unbranched alkanes of at least 4 members (excludes halogenated alkanes) is 12. The molecule has 10 heteroatoms. The zero-order valence-corrected chi connectivity index (χ0v) is 65.2. The Hall–Kier alpha value is -4.48. The summed E-state index contributed by atoms with van der Waals surface area (Å²) in [6.45, 7) is 54.7. The van der Waals surface area contributed by atoms with Crippen LogP contribution in [0.2, 0.25) is 0 Å². The van der Waals surface area contributed by atoms with E-state index in [2.05, 4.69) is 249 Å². The third-order valence-electron chi connectivity index (χ3n) is 16.2. The average Bonchev–Trinajstić information content (AvgIpc) is 1.38. The van der Waals surface area contributed by atoms with Crippen LogP contribution in [-0.4, -0.2) is 129 Å². The second-order valence-corrected chi connectivity index (χ2v) is 34.1. The molecule has 0 atom stereocenters. The van der Waals surface area contributed by atoms with Crippen molar-refractivity contribution in [1.82, 2.24) is 21.3 Å². The van der Waals surface area contributed by atoms with Gasteiger partial charge in [-0.05, 0) is 143 Å². The van der Waals surface area contributed by atoms with E-state index in [-0.39, 0.29) is 0 Å². The highest BCUT2D eigenvalue weighted by atomic mass is 15.0. The highest BCUT2D eigenvalue weighted by Crippen LogP contribution is 2.25. The fourth-order valence-corrected chi connectivity index (χ4v) is 10.2. The van der Waals surface area contributed by atoms with Crippen LogP contribution >= 0.6 is 0 Å². The molecule has 3 aromatic rings. The van der Waals surface area contributed by atoms with Crippen LogP contribution in [0.15, 0.2) is 103 Å². The van der Waals surface area contributed by atoms with E-state index in [4.69, 9.17) is 0 Å². The van der Waals surface area contributed by atoms with Crippen LogP contribution in [0.25, 0.3) is 0 Å². The van der Waals surface area contributed by atoms with Crippen LogP contribution in [-0.2, 0) is 0 Å². The van der Waals surface area contributed by atoms with E-state index >= 15 is 0 Å². The normalized spacial score (nSPS) is 12.9. The molecule has 540 valence electrons. The molecular formula is C85H150N10. The van der Waals surface area contributed by atoms with Crippen LogP contribution in [0.5, 0.6) is 0 Å². The molecule has 0 fully saturated rings. The van der Waals surface area contributed by atoms with Crippen LogP contribution < -0.4 is 21.3 Å². The number of aliphatic imine (C=N–C) groups is 6. The van der Waals surface area contributed by atoms with Gasteiger partial charge in [0.15, 0.2) is 0 Å². The molecule has 0 saturated carbocycles. The fourth-order valence-electron chi connectivity index (χ4n) is 10.2. The maximum atomic E-state index is 4.65. The molecule has 0 bridgehead atoms. The SMILES string of the molecule is CC(C)(C)CCCCCCCCCCCCCCN=Cc1ccc(C=NCCNCCNCCNCCNCCC(C)(C)C)cc1.CC(C)(C)CCCCN=Cc1ccc(C=NCCCC(C)(C)C)cc1.CC(C)(C)CCCN=Cc1ccc(C=NCCCC(C)(C)C)cc1. The lowest BCUT2D eigenvalue weighted by Crippen LogP contribution is -2.35. The predicted molar refractivity (Wildman–Crippen MR) is 428 cm³/mol. The second-order valence-electron chi connectivity index (χ2n) is 34.1. The highest BCUT2D eigenvalue weighted by Gasteiger charge is 2.13. The lowest BCUT2D eigenvalue weighted by molar-refractivity contribution is 0.356. The molecule has 3 rings (SSSR count). The van der Waals surface area contributed by atoms with E-state index in [0.717, 1.165) is 133 Å². The number of nitrogens with one attached hydrogen (secondary N) is 4. The first-order chi connectivity index (χ1) is 45.0. The minimum absolute atomic E-state index is 0.406. The molecule has 0 aliphatic carbocycles. The van der Waals surface area contributed by atoms with Crippen molar-refractivity contribution in [2.24, 2.45) is 62.4 Å². The van der Waals surface area contributed by atoms with E-state index in [1.807, 2.05) is 37.3 Å². The summed E-state index contributed by atoms with van der Waals surface area (Å²) in [6, 6.07) is 25.5. The first kappa shape index (κ1) is 88.5. The molecule has 0 aliphatic heterocycles. The van der Waals surface area contributed by atoms with Crippen LogP contribution in [0.1, 0.15) is 306 Å². The third-order valence-corrected chi connectivity index (χ3v) is 16.2. The van der Waals surface area contributed by atoms with Crippen LogP contribution in [0, 0.1) is 32.5 Å². The summed E-state index contributed by atoms with van der Waals surface area (Å²) < 4.78 is 0. The highest BCUT2D eigenvalue weighted by molar-refractivity contribution is 5.85. The summed E-state index contributed by atoms with van der Waals surface area (Å²) in [6.07, 6.45) is 42.0. The standard InChI is InChI=1S/C40H76N6.C23H38N2.C22H36N2/c1-39(2,3)23-17-15-13-11-9-7-8-10-12-14-16-18-25-45-35-37-19-21-38(22-20-37)36-46-34-33-44-32-31-43-30-29-42-28-27-41-26-24-40(4,5)6;1-22(2,3)14-7-8-16-24-18-20-10-12-21(13-11-20)19-25-17-9-15-23(4,5)6;1-21(2,3)13-7-15-23-17-19-9-11-20(12-10-19)18-24-16-8-14-22(4,5)6/h19-22,35-36,41-44H,7-18,23-34H2,1-6H3;10-13,18-19H,7-9,14-17H2,1-6H3;9-12,17-18H,7-8,13-16H2,1-6H3. The van der Waals surface area contributed by atoms with Gasteiger partial charge in [0.2, 0.25) is 0 Å². The van der Waals surface area contributed by atoms with E-state index in [9.17, 15) is 0 Å². The maximum absolute atomic E-state index is 4.65. The van der Waals surface area contributed by atoms with Gasteiger partial charge >= 0.3 is 0 Å². The quantitative estimate of drug-likeness (QED) is 0.0332. The van der Waals surface area contributed by atoms with Crippen molar-refractivity contribution in [1.29, 1.82) is 0 Å². The number of nitrogens with zero attached hydrogens (tertiary/aromatic N) is 6. The molecule has 0 amide bonds. The molecule has 0 unspecified atom stereocenters. The molecule has 0 spiro atoms. The van der Waals surface area contributed by atoms with E-state index in [1.54, 1.807) is 0 Å². The number of benzene rings is 3. The fraction of sp³-hybridized carbons (Fsp3) is 0.718. The molecule has 0 heterocycles. The van der Waals surface area contributed by atoms with Crippen molar-refractivity contribution in [2.75, 3.05) is 91.6 Å². The molecule has 95 heavy (non-hydrogen) atoms. The zero-order valence-electron chi connectivity index (χ0n) is 65.2. The Bertz CT molecular complexity index is 2300. The third kappa shape index (κ3) is 65.2. The number of rotatable bonds is 47. The molecule has 3 aromatic carbocycles. The summed E-state index contributed by atoms with van der Waals surface area (Å²) >= 11 is 0. The molecular weight excluding hydrogens is 1160 g/mol. The lowest BCUT2D eigenvalue weighted by Gasteiger charge is -2.18. The van der Waals surface area contributed by atoms with Gasteiger partial charge in [0, 0.05) is 116 Å². The lowest BCUT2D eigenvalue weighted by atomic mass is 9.89. The number of hydrogen-bond acceptors (Lipinski definition) is 10. The molecule has 4 N–H and O–H groups in total. The zero-order chi connectivity index (χ0) is 70.4. The summed E-state index contributed by atoms with van der Waals surface area (Å²) in [7, 11) is 0. The predicted octanol–water partition coefficient (Wildman–Crippen LogP) is 21.2. The largest absolute Gasteiger partial charge is 0.315 e. The maximum Gasteiger partial charge on any atom is 0.0514 e. The Morgan fingerprint density at radius 3 is 0.642 bits per heavy atom. The molecule has 0 aliphatic rings. The average molecular weight is 1310 g/mol. The Kier molecular flexibility index (Phi) is 49.8. The van der Waals surface area contributed by atoms with Crippen molar-refractivity contribution in [2.45, 2.75) is 272 Å². The smallest absolute Gasteiger partial charge is 0.0514 e. The summed E-state index contributed by atoms with van der Waals surface area (Å²) in [5.41, 5.74) is 9.55. The Labute approximate surface area is 588 Å². The Morgan fingerprint density at radius 2 is 0.379 bits per heavy atom. The van der Waals surface area contributed by atoms with Crippen LogP contribution in [0.4, 0.5) is 0 Å². The van der Waals surface area contributed by atoms with Gasteiger partial charge in [-0.2, -0.15) is 0 Å². The topological polar surface area (TPSA) is 122 Å². The Balaban J connectivity index is 0.000000776. The molecule has 0 saturated heterocycles. The molecule has 0 aromatic heterocycles. The van der Waals surface area contributed by atoms with Crippen molar-refractivity contribution < 1.29 is 0 Å². The molecule has 0 radical (unpaired) electrons. The van der Waals surface area contributed by atoms with Gasteiger partial charge in [0.25, 0.3) is 0 Å². The van der Waals surface area contributed by atoms with Gasteiger partial charge in [0.1, 0.15) is 0 Å². The second kappa shape index (κ2) is 53.5. The Morgan fingerprint density at radius 1 is 0.200 bits per heavy atom. The van der Waals surface area contributed by atoms with Crippen molar-refractivity contribution >= 4 is 37.3 Å². The van der Waals surface area contributed by atoms with Gasteiger partial charge < -0.3 is 21.3 Å².